The minimum absolute atomic E-state index is 0.0255. The lowest BCUT2D eigenvalue weighted by Gasteiger charge is -2.04. The highest BCUT2D eigenvalue weighted by atomic mass is 32.3. The van der Waals surface area contributed by atoms with Crippen LogP contribution >= 0.6 is 0 Å². The number of nitrogens with two attached hydrogens (primary N) is 1. The van der Waals surface area contributed by atoms with Crippen molar-refractivity contribution < 1.29 is 34.3 Å². The zero-order valence-electron chi connectivity index (χ0n) is 8.32. The van der Waals surface area contributed by atoms with Gasteiger partial charge in [-0.1, -0.05) is 0 Å². The maximum absolute atomic E-state index is 9.44. The van der Waals surface area contributed by atoms with Crippen LogP contribution in [0.5, 0.6) is 0 Å². The van der Waals surface area contributed by atoms with Gasteiger partial charge in [0, 0.05) is 0 Å². The fourth-order valence-corrected chi connectivity index (χ4v) is 1.23. The molecule has 0 unspecified atom stereocenters. The minimum atomic E-state index is -5.12. The number of amidine groups is 1. The molecule has 0 aliphatic heterocycles. The van der Waals surface area contributed by atoms with Crippen molar-refractivity contribution in [2.45, 2.75) is 20.0 Å². The second-order valence-electron chi connectivity index (χ2n) is 2.45. The van der Waals surface area contributed by atoms with Crippen LogP contribution in [-0.2, 0) is 29.2 Å². The molecular weight excluding hydrogens is 268 g/mol. The molecule has 0 spiro atoms. The van der Waals surface area contributed by atoms with E-state index in [1.165, 1.54) is 0 Å². The summed E-state index contributed by atoms with van der Waals surface area (Å²) in [5.41, 5.74) is 4.85. The molecule has 12 heteroatoms. The van der Waals surface area contributed by atoms with E-state index >= 15 is 0 Å². The van der Waals surface area contributed by atoms with Crippen LogP contribution in [0.1, 0.15) is 13.8 Å². The van der Waals surface area contributed by atoms with Gasteiger partial charge in [0.2, 0.25) is 0 Å². The first-order valence-corrected chi connectivity index (χ1v) is 6.23. The van der Waals surface area contributed by atoms with E-state index in [1.54, 1.807) is 0 Å². The van der Waals surface area contributed by atoms with Gasteiger partial charge < -0.3 is 10.5 Å². The highest BCUT2D eigenvalue weighted by molar-refractivity contribution is 7.94. The quantitative estimate of drug-likeness (QED) is 0.284. The van der Waals surface area contributed by atoms with Gasteiger partial charge in [0.25, 0.3) is 6.02 Å². The molecule has 98 valence electrons. The molecule has 0 aliphatic rings. The number of hydrogen-bond donors (Lipinski definition) is 4. The first-order chi connectivity index (χ1) is 6.83. The predicted molar refractivity (Wildman–Crippen MR) is 52.3 cm³/mol. The third-order valence-corrected chi connectivity index (χ3v) is 1.91. The van der Waals surface area contributed by atoms with Crippen LogP contribution < -0.4 is 5.73 Å². The van der Waals surface area contributed by atoms with E-state index in [0.717, 1.165) is 0 Å². The number of nitrogens with one attached hydrogen (secondary N) is 1. The second kappa shape index (κ2) is 6.59. The molecule has 0 amide bonds. The summed E-state index contributed by atoms with van der Waals surface area (Å²) in [6, 6.07) is -0.213. The lowest BCUT2D eigenvalue weighted by atomic mass is 10.5. The minimum Gasteiger partial charge on any atom is -0.463 e. The van der Waals surface area contributed by atoms with Crippen molar-refractivity contribution in [3.05, 3.63) is 0 Å². The van der Waals surface area contributed by atoms with Crippen LogP contribution in [0.3, 0.4) is 0 Å². The van der Waals surface area contributed by atoms with Gasteiger partial charge in [-0.25, -0.2) is 0 Å². The molecule has 0 bridgehead atoms. The standard InChI is InChI=1S/C4H10N2O.H2O7S2/c1-3(2)7-4(5)6;1-8(2,3)7-9(4,5)6/h3H,1-2H3,(H3,5,6);(H,1,2,3)(H,4,5,6). The van der Waals surface area contributed by atoms with Crippen molar-refractivity contribution >= 4 is 26.8 Å². The van der Waals surface area contributed by atoms with Crippen molar-refractivity contribution in [2.24, 2.45) is 5.73 Å². The van der Waals surface area contributed by atoms with Gasteiger partial charge in [0.05, 0.1) is 6.10 Å². The molecule has 0 radical (unpaired) electrons. The average molecular weight is 280 g/mol. The topological polar surface area (TPSA) is 177 Å². The van der Waals surface area contributed by atoms with E-state index in [2.05, 4.69) is 8.37 Å². The molecule has 0 heterocycles. The first-order valence-electron chi connectivity index (χ1n) is 3.50. The fraction of sp³-hybridized carbons (Fsp3) is 0.750. The highest BCUT2D eigenvalue weighted by Crippen LogP contribution is 1.91. The molecule has 0 rings (SSSR count). The maximum Gasteiger partial charge on any atom is 0.413 e. The Labute approximate surface area is 92.8 Å². The zero-order chi connectivity index (χ0) is 13.6. The van der Waals surface area contributed by atoms with Crippen molar-refractivity contribution in [1.82, 2.24) is 0 Å². The normalized spacial score (nSPS) is 11.6. The molecule has 0 saturated carbocycles. The Hall–Kier alpha value is -0.950. The summed E-state index contributed by atoms with van der Waals surface area (Å²) in [5.74, 6) is 0. The summed E-state index contributed by atoms with van der Waals surface area (Å²) >= 11 is 0. The Kier molecular flexibility index (Phi) is 7.19. The molecular formula is C4H12N2O8S2. The molecule has 16 heavy (non-hydrogen) atoms. The summed E-state index contributed by atoms with van der Waals surface area (Å²) in [7, 11) is -10.2. The molecule has 0 aromatic rings. The molecule has 0 atom stereocenters. The van der Waals surface area contributed by atoms with Gasteiger partial charge in [-0.2, -0.15) is 16.8 Å². The Balaban J connectivity index is 0. The average Bonchev–Trinajstić information content (AvgIpc) is 1.72. The van der Waals surface area contributed by atoms with Gasteiger partial charge in [0.1, 0.15) is 0 Å². The third-order valence-electron chi connectivity index (χ3n) is 0.535. The van der Waals surface area contributed by atoms with Crippen molar-refractivity contribution in [1.29, 1.82) is 5.41 Å². The Morgan fingerprint density at radius 2 is 1.50 bits per heavy atom. The smallest absolute Gasteiger partial charge is 0.413 e. The van der Waals surface area contributed by atoms with E-state index in [-0.39, 0.29) is 12.1 Å². The van der Waals surface area contributed by atoms with Crippen LogP contribution in [0.15, 0.2) is 0 Å². The van der Waals surface area contributed by atoms with Gasteiger partial charge >= 0.3 is 20.8 Å². The molecule has 0 saturated heterocycles. The summed E-state index contributed by atoms with van der Waals surface area (Å²) in [5, 5.41) is 6.58. The summed E-state index contributed by atoms with van der Waals surface area (Å²) in [6.07, 6.45) is 0.0255. The van der Waals surface area contributed by atoms with Crippen molar-refractivity contribution in [3.8, 4) is 0 Å². The molecule has 10 nitrogen and oxygen atoms in total. The molecule has 5 N–H and O–H groups in total. The number of ether oxygens (including phenoxy) is 1. The summed E-state index contributed by atoms with van der Waals surface area (Å²) in [6.45, 7) is 3.64. The van der Waals surface area contributed by atoms with Crippen LogP contribution in [0.25, 0.3) is 0 Å². The van der Waals surface area contributed by atoms with Gasteiger partial charge in [-0.05, 0) is 13.8 Å². The van der Waals surface area contributed by atoms with Crippen LogP contribution in [0, 0.1) is 5.41 Å². The zero-order valence-corrected chi connectivity index (χ0v) is 9.95. The van der Waals surface area contributed by atoms with E-state index in [0.29, 0.717) is 0 Å². The van der Waals surface area contributed by atoms with Gasteiger partial charge in [0.15, 0.2) is 0 Å². The fourth-order valence-electron chi connectivity index (χ4n) is 0.363. The second-order valence-corrected chi connectivity index (χ2v) is 4.71. The molecule has 0 aliphatic carbocycles. The lowest BCUT2D eigenvalue weighted by molar-refractivity contribution is 0.222. The first kappa shape index (κ1) is 17.4. The van der Waals surface area contributed by atoms with Crippen LogP contribution in [0.2, 0.25) is 0 Å². The van der Waals surface area contributed by atoms with Crippen LogP contribution in [-0.4, -0.2) is 38.1 Å². The summed E-state index contributed by atoms with van der Waals surface area (Å²) in [4.78, 5) is 0. The largest absolute Gasteiger partial charge is 0.463 e. The van der Waals surface area contributed by atoms with E-state index in [9.17, 15) is 16.8 Å². The number of hydrogen-bond acceptors (Lipinski definition) is 7. The third kappa shape index (κ3) is 23.1. The van der Waals surface area contributed by atoms with Gasteiger partial charge in [-0.3, -0.25) is 14.5 Å². The Bertz CT molecular complexity index is 379. The predicted octanol–water partition coefficient (Wildman–Crippen LogP) is -1.09. The highest BCUT2D eigenvalue weighted by Gasteiger charge is 2.15. The van der Waals surface area contributed by atoms with E-state index in [1.807, 2.05) is 13.8 Å². The van der Waals surface area contributed by atoms with Crippen LogP contribution in [0.4, 0.5) is 0 Å². The maximum atomic E-state index is 9.44. The van der Waals surface area contributed by atoms with Gasteiger partial charge in [-0.15, -0.1) is 3.63 Å². The molecule has 0 aromatic carbocycles. The Morgan fingerprint density at radius 3 is 1.50 bits per heavy atom. The van der Waals surface area contributed by atoms with E-state index < -0.39 is 20.8 Å². The lowest BCUT2D eigenvalue weighted by Crippen LogP contribution is -2.18. The SMILES string of the molecule is CC(C)OC(=N)N.O=S(=O)(O)OS(=O)(=O)O. The van der Waals surface area contributed by atoms with E-state index in [4.69, 9.17) is 20.2 Å². The van der Waals surface area contributed by atoms with Crippen molar-refractivity contribution in [2.75, 3.05) is 0 Å². The molecule has 0 fully saturated rings. The monoisotopic (exact) mass is 280 g/mol. The number of rotatable bonds is 3. The summed E-state index contributed by atoms with van der Waals surface area (Å²) < 4.78 is 60.2. The molecule has 0 aromatic heterocycles. The Morgan fingerprint density at radius 1 is 1.19 bits per heavy atom. The van der Waals surface area contributed by atoms with Crippen molar-refractivity contribution in [3.63, 3.8) is 0 Å².